The first-order chi connectivity index (χ1) is 12.4. The van der Waals surface area contributed by atoms with Crippen LogP contribution in [0.25, 0.3) is 0 Å². The van der Waals surface area contributed by atoms with Crippen LogP contribution in [0.5, 0.6) is 0 Å². The molecule has 0 aliphatic heterocycles. The molecule has 1 N–H and O–H groups in total. The van der Waals surface area contributed by atoms with E-state index in [1.807, 2.05) is 18.2 Å². The molecule has 0 saturated heterocycles. The van der Waals surface area contributed by atoms with Crippen LogP contribution in [0.3, 0.4) is 0 Å². The van der Waals surface area contributed by atoms with Gasteiger partial charge >= 0.3 is 5.97 Å². The lowest BCUT2D eigenvalue weighted by molar-refractivity contribution is -0.140. The zero-order chi connectivity index (χ0) is 19.4. The zero-order valence-electron chi connectivity index (χ0n) is 15.7. The fraction of sp³-hybridized carbons (Fsp3) is 0.524. The normalized spacial score (nSPS) is 21.9. The van der Waals surface area contributed by atoms with Crippen LogP contribution in [0, 0.1) is 0 Å². The fourth-order valence-electron chi connectivity index (χ4n) is 2.69. The largest absolute Gasteiger partial charge is 0.469 e. The molecule has 4 nitrogen and oxygen atoms in total. The van der Waals surface area contributed by atoms with Crippen molar-refractivity contribution < 1.29 is 19.4 Å². The predicted molar refractivity (Wildman–Crippen MR) is 105 cm³/mol. The van der Waals surface area contributed by atoms with Crippen molar-refractivity contribution in [3.05, 3.63) is 47.1 Å². The number of ether oxygens (including phenoxy) is 1. The number of hydrogen-bond donors (Lipinski definition) is 1. The van der Waals surface area contributed by atoms with Gasteiger partial charge in [0.2, 0.25) is 5.78 Å². The van der Waals surface area contributed by atoms with Gasteiger partial charge in [-0.15, -0.1) is 0 Å². The minimum absolute atomic E-state index is 0.0530. The van der Waals surface area contributed by atoms with E-state index >= 15 is 0 Å². The molecule has 0 aromatic rings. The Hall–Kier alpha value is -1.65. The quantitative estimate of drug-likeness (QED) is 0.242. The van der Waals surface area contributed by atoms with Gasteiger partial charge in [-0.3, -0.25) is 9.59 Å². The number of unbranched alkanes of at least 4 members (excludes halogenated alkanes) is 4. The van der Waals surface area contributed by atoms with Crippen molar-refractivity contribution in [2.45, 2.75) is 63.9 Å². The Balaban J connectivity index is 2.62. The van der Waals surface area contributed by atoms with Crippen molar-refractivity contribution in [1.82, 2.24) is 0 Å². The average Bonchev–Trinajstić information content (AvgIpc) is 2.83. The molecule has 0 spiro atoms. The molecule has 0 unspecified atom stereocenters. The molecule has 0 saturated carbocycles. The summed E-state index contributed by atoms with van der Waals surface area (Å²) in [4.78, 5) is 23.2. The van der Waals surface area contributed by atoms with E-state index in [-0.39, 0.29) is 22.4 Å². The number of hydrogen-bond acceptors (Lipinski definition) is 4. The molecule has 26 heavy (non-hydrogen) atoms. The molecule has 1 aliphatic carbocycles. The number of ketones is 1. The van der Waals surface area contributed by atoms with Gasteiger partial charge in [0.05, 0.1) is 12.1 Å². The Morgan fingerprint density at radius 3 is 2.65 bits per heavy atom. The third-order valence-electron chi connectivity index (χ3n) is 4.24. The maximum atomic E-state index is 12.2. The summed E-state index contributed by atoms with van der Waals surface area (Å²) in [7, 11) is 1.37. The van der Waals surface area contributed by atoms with Crippen LogP contribution in [-0.2, 0) is 14.3 Å². The van der Waals surface area contributed by atoms with Crippen molar-refractivity contribution in [2.75, 3.05) is 7.11 Å². The van der Waals surface area contributed by atoms with Gasteiger partial charge in [-0.25, -0.2) is 0 Å². The highest BCUT2D eigenvalue weighted by Gasteiger charge is 2.40. The molecule has 1 aliphatic rings. The van der Waals surface area contributed by atoms with Crippen LogP contribution in [0.2, 0.25) is 0 Å². The lowest BCUT2D eigenvalue weighted by atomic mass is 9.92. The van der Waals surface area contributed by atoms with E-state index in [1.54, 1.807) is 12.2 Å². The number of allylic oxidation sites excluding steroid dienone is 5. The van der Waals surface area contributed by atoms with Gasteiger partial charge in [0, 0.05) is 18.4 Å². The summed E-state index contributed by atoms with van der Waals surface area (Å²) in [6.07, 6.45) is 17.0. The number of esters is 1. The lowest BCUT2D eigenvalue weighted by Gasteiger charge is -2.20. The standard InChI is InChI=1S/C21H29ClO4/c1-3-4-5-6-9-12-15-21(25)16-18(22)20(24)17(21)13-10-7-8-11-14-19(23)26-2/h7,9-10,12-13,16,25H,3-6,8,11,14-15H2,1-2H3/b10-7+,12-9-,17-13?/t21-/m0/s1. The minimum Gasteiger partial charge on any atom is -0.469 e. The van der Waals surface area contributed by atoms with Crippen molar-refractivity contribution in [2.24, 2.45) is 0 Å². The van der Waals surface area contributed by atoms with Gasteiger partial charge in [0.25, 0.3) is 0 Å². The van der Waals surface area contributed by atoms with Gasteiger partial charge < -0.3 is 9.84 Å². The zero-order valence-corrected chi connectivity index (χ0v) is 16.4. The summed E-state index contributed by atoms with van der Waals surface area (Å²) in [6, 6.07) is 0. The Morgan fingerprint density at radius 1 is 1.23 bits per heavy atom. The molecule has 0 fully saturated rings. The number of carbonyl (C=O) groups excluding carboxylic acids is 2. The summed E-state index contributed by atoms with van der Waals surface area (Å²) in [6.45, 7) is 2.16. The number of rotatable bonds is 11. The first kappa shape index (κ1) is 22.4. The van der Waals surface area contributed by atoms with Crippen LogP contribution >= 0.6 is 11.6 Å². The number of halogens is 1. The second-order valence-electron chi connectivity index (χ2n) is 6.39. The Labute approximate surface area is 161 Å². The topological polar surface area (TPSA) is 63.6 Å². The van der Waals surface area contributed by atoms with Gasteiger partial charge in [-0.2, -0.15) is 0 Å². The summed E-state index contributed by atoms with van der Waals surface area (Å²) in [5.74, 6) is -0.577. The molecule has 5 heteroatoms. The monoisotopic (exact) mass is 380 g/mol. The third-order valence-corrected chi connectivity index (χ3v) is 4.52. The summed E-state index contributed by atoms with van der Waals surface area (Å²) in [5.41, 5.74) is -1.07. The first-order valence-electron chi connectivity index (χ1n) is 9.19. The third kappa shape index (κ3) is 7.30. The Bertz CT molecular complexity index is 601. The first-order valence-corrected chi connectivity index (χ1v) is 9.57. The average molecular weight is 381 g/mol. The lowest BCUT2D eigenvalue weighted by Crippen LogP contribution is -2.27. The predicted octanol–water partition coefficient (Wildman–Crippen LogP) is 4.78. The van der Waals surface area contributed by atoms with E-state index in [4.69, 9.17) is 11.6 Å². The van der Waals surface area contributed by atoms with E-state index in [0.717, 1.165) is 12.8 Å². The van der Waals surface area contributed by atoms with Crippen molar-refractivity contribution >= 4 is 23.4 Å². The second kappa shape index (κ2) is 11.9. The van der Waals surface area contributed by atoms with Crippen LogP contribution in [0.1, 0.15) is 58.3 Å². The van der Waals surface area contributed by atoms with E-state index < -0.39 is 5.60 Å². The molecule has 1 atom stereocenters. The number of Topliss-reactive ketones (excluding diaryl/α,β-unsaturated/α-hetero) is 1. The van der Waals surface area contributed by atoms with E-state index in [9.17, 15) is 14.7 Å². The van der Waals surface area contributed by atoms with Crippen LogP contribution in [0.15, 0.2) is 47.1 Å². The second-order valence-corrected chi connectivity index (χ2v) is 6.80. The molecule has 0 amide bonds. The maximum absolute atomic E-state index is 12.2. The molecule has 0 bridgehead atoms. The molecule has 0 heterocycles. The van der Waals surface area contributed by atoms with E-state index in [2.05, 4.69) is 11.7 Å². The van der Waals surface area contributed by atoms with Gasteiger partial charge in [0.1, 0.15) is 5.60 Å². The van der Waals surface area contributed by atoms with Gasteiger partial charge in [-0.1, -0.05) is 61.7 Å². The number of aliphatic hydroxyl groups is 1. The summed E-state index contributed by atoms with van der Waals surface area (Å²) < 4.78 is 4.58. The van der Waals surface area contributed by atoms with Crippen LogP contribution in [0.4, 0.5) is 0 Å². The van der Waals surface area contributed by atoms with E-state index in [1.165, 1.54) is 26.0 Å². The van der Waals surface area contributed by atoms with Crippen molar-refractivity contribution in [3.63, 3.8) is 0 Å². The van der Waals surface area contributed by atoms with Gasteiger partial charge in [-0.05, 0) is 31.8 Å². The minimum atomic E-state index is -1.36. The molecule has 144 valence electrons. The SMILES string of the molecule is CCCCC/C=C\C[C@]1(O)C=C(Cl)C(=O)C1=C/C=C/CCCC(=O)OC. The molecular weight excluding hydrogens is 352 g/mol. The number of methoxy groups -OCH3 is 1. The smallest absolute Gasteiger partial charge is 0.305 e. The summed E-state index contributed by atoms with van der Waals surface area (Å²) in [5, 5.41) is 10.9. The Kier molecular flexibility index (Phi) is 10.2. The highest BCUT2D eigenvalue weighted by Crippen LogP contribution is 2.35. The van der Waals surface area contributed by atoms with Crippen LogP contribution in [-0.4, -0.2) is 29.6 Å². The van der Waals surface area contributed by atoms with E-state index in [0.29, 0.717) is 25.7 Å². The maximum Gasteiger partial charge on any atom is 0.305 e. The molecule has 1 rings (SSSR count). The highest BCUT2D eigenvalue weighted by molar-refractivity contribution is 6.46. The summed E-state index contributed by atoms with van der Waals surface area (Å²) >= 11 is 5.95. The molecule has 0 radical (unpaired) electrons. The van der Waals surface area contributed by atoms with Crippen molar-refractivity contribution in [3.8, 4) is 0 Å². The van der Waals surface area contributed by atoms with Crippen molar-refractivity contribution in [1.29, 1.82) is 0 Å². The molecule has 0 aromatic carbocycles. The Morgan fingerprint density at radius 2 is 1.96 bits per heavy atom. The fourth-order valence-corrected chi connectivity index (χ4v) is 2.97. The van der Waals surface area contributed by atoms with Crippen LogP contribution < -0.4 is 0 Å². The van der Waals surface area contributed by atoms with Gasteiger partial charge in [0.15, 0.2) is 0 Å². The molecule has 0 aromatic heterocycles. The molecular formula is C21H29ClO4. The number of carbonyl (C=O) groups is 2. The highest BCUT2D eigenvalue weighted by atomic mass is 35.5.